The number of amides is 1. The van der Waals surface area contributed by atoms with E-state index in [2.05, 4.69) is 20.3 Å². The summed E-state index contributed by atoms with van der Waals surface area (Å²) in [5.74, 6) is 0.115. The van der Waals surface area contributed by atoms with E-state index < -0.39 is 5.82 Å². The van der Waals surface area contributed by atoms with Crippen molar-refractivity contribution in [3.05, 3.63) is 41.1 Å². The van der Waals surface area contributed by atoms with Crippen molar-refractivity contribution >= 4 is 29.3 Å². The van der Waals surface area contributed by atoms with Gasteiger partial charge in [0.2, 0.25) is 0 Å². The molecule has 0 bridgehead atoms. The third-order valence-electron chi connectivity index (χ3n) is 6.71. The van der Waals surface area contributed by atoms with E-state index in [9.17, 15) is 9.18 Å². The lowest BCUT2D eigenvalue weighted by molar-refractivity contribution is 0.0927. The van der Waals surface area contributed by atoms with Gasteiger partial charge in [0, 0.05) is 23.3 Å². The number of carbonyl (C=O) groups is 1. The summed E-state index contributed by atoms with van der Waals surface area (Å²) in [5, 5.41) is 3.14. The van der Waals surface area contributed by atoms with Gasteiger partial charge < -0.3 is 20.8 Å². The molecule has 0 unspecified atom stereocenters. The molecule has 4 N–H and O–H groups in total. The molecule has 1 aromatic carbocycles. The molecule has 9 heteroatoms. The van der Waals surface area contributed by atoms with Crippen molar-refractivity contribution in [2.75, 3.05) is 6.61 Å². The fourth-order valence-corrected chi connectivity index (χ4v) is 4.66. The third kappa shape index (κ3) is 4.88. The lowest BCUT2D eigenvalue weighted by atomic mass is 9.91. The summed E-state index contributed by atoms with van der Waals surface area (Å²) in [6.45, 7) is 4.17. The molecule has 2 aliphatic carbocycles. The second kappa shape index (κ2) is 9.88. The first-order chi connectivity index (χ1) is 15.9. The normalized spacial score (nSPS) is 20.1. The molecule has 5 rings (SSSR count). The maximum absolute atomic E-state index is 14.9. The number of ether oxygens (including phenoxy) is 1. The van der Waals surface area contributed by atoms with Crippen molar-refractivity contribution < 1.29 is 13.9 Å². The molecule has 2 heterocycles. The summed E-state index contributed by atoms with van der Waals surface area (Å²) in [6, 6.07) is 3.67. The molecule has 7 nitrogen and oxygen atoms in total. The number of aromatic amines is 1. The predicted octanol–water partition coefficient (Wildman–Crippen LogP) is 4.59. The first kappa shape index (κ1) is 24.4. The largest absolute Gasteiger partial charge is 0.490 e. The lowest BCUT2D eigenvalue weighted by Crippen LogP contribution is -2.40. The van der Waals surface area contributed by atoms with Crippen LogP contribution in [0.1, 0.15) is 60.1 Å². The molecule has 182 valence electrons. The molecule has 3 aromatic rings. The van der Waals surface area contributed by atoms with Gasteiger partial charge in [0.1, 0.15) is 17.5 Å². The van der Waals surface area contributed by atoms with Crippen molar-refractivity contribution in [2.45, 2.75) is 64.5 Å². The van der Waals surface area contributed by atoms with E-state index in [1.54, 1.807) is 0 Å². The van der Waals surface area contributed by atoms with Crippen LogP contribution < -0.4 is 15.8 Å². The van der Waals surface area contributed by atoms with Gasteiger partial charge in [-0.2, -0.15) is 0 Å². The van der Waals surface area contributed by atoms with E-state index in [1.807, 2.05) is 19.9 Å². The van der Waals surface area contributed by atoms with Crippen LogP contribution in [0.5, 0.6) is 5.75 Å². The molecular formula is C25H31ClFN5O2. The highest BCUT2D eigenvalue weighted by atomic mass is 35.5. The predicted molar refractivity (Wildman–Crippen MR) is 132 cm³/mol. The number of benzene rings is 1. The van der Waals surface area contributed by atoms with E-state index in [0.717, 1.165) is 44.1 Å². The van der Waals surface area contributed by atoms with E-state index in [0.29, 0.717) is 46.1 Å². The van der Waals surface area contributed by atoms with Crippen LogP contribution in [0, 0.1) is 25.6 Å². The molecule has 0 aliphatic heterocycles. The number of hydrogen-bond donors (Lipinski definition) is 3. The number of nitrogens with two attached hydrogens (primary N) is 1. The summed E-state index contributed by atoms with van der Waals surface area (Å²) >= 11 is 0. The van der Waals surface area contributed by atoms with Crippen LogP contribution >= 0.6 is 12.4 Å². The van der Waals surface area contributed by atoms with E-state index in [-0.39, 0.29) is 36.1 Å². The number of fused-ring (bicyclic) bond motifs is 1. The maximum Gasteiger partial charge on any atom is 0.255 e. The van der Waals surface area contributed by atoms with Gasteiger partial charge in [-0.1, -0.05) is 0 Å². The fraction of sp³-hybridized carbons (Fsp3) is 0.480. The van der Waals surface area contributed by atoms with Gasteiger partial charge in [0.15, 0.2) is 11.6 Å². The average Bonchev–Trinajstić information content (AvgIpc) is 3.53. The van der Waals surface area contributed by atoms with Crippen LogP contribution in [0.15, 0.2) is 18.5 Å². The van der Waals surface area contributed by atoms with Crippen molar-refractivity contribution in [3.8, 4) is 17.0 Å². The van der Waals surface area contributed by atoms with Crippen molar-refractivity contribution in [1.29, 1.82) is 0 Å². The van der Waals surface area contributed by atoms with Gasteiger partial charge in [0.25, 0.3) is 5.91 Å². The average molecular weight is 488 g/mol. The van der Waals surface area contributed by atoms with Crippen molar-refractivity contribution in [2.24, 2.45) is 11.7 Å². The number of aromatic nitrogens is 3. The molecule has 0 radical (unpaired) electrons. The minimum atomic E-state index is -0.408. The standard InChI is InChI=1S/C25H30FN5O2.ClH/c1-13-9-18(24(19(26)10-13)33-11-15-3-4-15)21-23-22(29-12-28-21)20(14(2)30-23)25(32)31-17-7-5-16(27)6-8-17;/h9-10,12,15-17,30H,3-8,11,27H2,1-2H3,(H,31,32);1H/t16-,17-;. The van der Waals surface area contributed by atoms with E-state index in [4.69, 9.17) is 10.5 Å². The Balaban J connectivity index is 0.00000274. The summed E-state index contributed by atoms with van der Waals surface area (Å²) < 4.78 is 20.8. The lowest BCUT2D eigenvalue weighted by Gasteiger charge is -2.26. The Bertz CT molecular complexity index is 1200. The smallest absolute Gasteiger partial charge is 0.255 e. The van der Waals surface area contributed by atoms with Gasteiger partial charge in [0.05, 0.1) is 17.7 Å². The molecule has 2 fully saturated rings. The Hall–Kier alpha value is -2.71. The Morgan fingerprint density at radius 3 is 2.62 bits per heavy atom. The third-order valence-corrected chi connectivity index (χ3v) is 6.71. The number of rotatable bonds is 6. The first-order valence-corrected chi connectivity index (χ1v) is 11.7. The highest BCUT2D eigenvalue weighted by molar-refractivity contribution is 6.09. The Kier molecular flexibility index (Phi) is 7.09. The number of aryl methyl sites for hydroxylation is 2. The van der Waals surface area contributed by atoms with Crippen molar-refractivity contribution in [3.63, 3.8) is 0 Å². The monoisotopic (exact) mass is 487 g/mol. The van der Waals surface area contributed by atoms with Gasteiger partial charge in [-0.05, 0) is 76.0 Å². The number of carbonyl (C=O) groups excluding carboxylic acids is 1. The zero-order chi connectivity index (χ0) is 23.1. The summed E-state index contributed by atoms with van der Waals surface area (Å²) in [7, 11) is 0. The molecule has 2 aliphatic rings. The second-order valence-corrected chi connectivity index (χ2v) is 9.53. The van der Waals surface area contributed by atoms with Gasteiger partial charge in [-0.15, -0.1) is 12.4 Å². The van der Waals surface area contributed by atoms with Gasteiger partial charge >= 0.3 is 0 Å². The first-order valence-electron chi connectivity index (χ1n) is 11.7. The molecule has 0 saturated heterocycles. The molecule has 2 aromatic heterocycles. The molecular weight excluding hydrogens is 457 g/mol. The van der Waals surface area contributed by atoms with Crippen LogP contribution in [0.25, 0.3) is 22.3 Å². The number of nitrogens with zero attached hydrogens (tertiary/aromatic N) is 2. The van der Waals surface area contributed by atoms with Crippen LogP contribution in [-0.4, -0.2) is 39.5 Å². The number of nitrogens with one attached hydrogen (secondary N) is 2. The fourth-order valence-electron chi connectivity index (χ4n) is 4.66. The zero-order valence-electron chi connectivity index (χ0n) is 19.5. The quantitative estimate of drug-likeness (QED) is 0.471. The highest BCUT2D eigenvalue weighted by Gasteiger charge is 2.27. The van der Waals surface area contributed by atoms with Crippen LogP contribution in [0.4, 0.5) is 4.39 Å². The number of halogens is 2. The molecule has 2 saturated carbocycles. The second-order valence-electron chi connectivity index (χ2n) is 9.53. The van der Waals surface area contributed by atoms with Gasteiger partial charge in [-0.25, -0.2) is 14.4 Å². The van der Waals surface area contributed by atoms with E-state index in [1.165, 1.54) is 12.4 Å². The SMILES string of the molecule is Cc1cc(F)c(OCC2CC2)c(-c2ncnc3c(C(=O)N[C@H]4CC[C@H](N)CC4)c(C)[nH]c23)c1.Cl. The van der Waals surface area contributed by atoms with Crippen LogP contribution in [0.3, 0.4) is 0 Å². The Morgan fingerprint density at radius 2 is 1.91 bits per heavy atom. The minimum Gasteiger partial charge on any atom is -0.490 e. The topological polar surface area (TPSA) is 106 Å². The van der Waals surface area contributed by atoms with Crippen LogP contribution in [-0.2, 0) is 0 Å². The molecule has 1 amide bonds. The van der Waals surface area contributed by atoms with Crippen LogP contribution in [0.2, 0.25) is 0 Å². The molecule has 0 atom stereocenters. The minimum absolute atomic E-state index is 0. The molecule has 34 heavy (non-hydrogen) atoms. The zero-order valence-corrected chi connectivity index (χ0v) is 20.3. The summed E-state index contributed by atoms with van der Waals surface area (Å²) in [6.07, 6.45) is 7.22. The maximum atomic E-state index is 14.9. The van der Waals surface area contributed by atoms with Crippen molar-refractivity contribution in [1.82, 2.24) is 20.3 Å². The number of hydrogen-bond acceptors (Lipinski definition) is 5. The molecule has 0 spiro atoms. The Labute approximate surface area is 204 Å². The van der Waals surface area contributed by atoms with E-state index >= 15 is 0 Å². The summed E-state index contributed by atoms with van der Waals surface area (Å²) in [4.78, 5) is 25.4. The van der Waals surface area contributed by atoms with Gasteiger partial charge in [-0.3, -0.25) is 4.79 Å². The highest BCUT2D eigenvalue weighted by Crippen LogP contribution is 2.38. The number of H-pyrrole nitrogens is 1. The summed E-state index contributed by atoms with van der Waals surface area (Å²) in [5.41, 5.74) is 10.2. The Morgan fingerprint density at radius 1 is 1.18 bits per heavy atom.